The van der Waals surface area contributed by atoms with Crippen LogP contribution in [0, 0.1) is 0 Å². The number of hydrogen-bond donors (Lipinski definition) is 2. The Morgan fingerprint density at radius 2 is 1.94 bits per heavy atom. The number of nitrogen functional groups attached to an aromatic ring is 1. The molecule has 0 fully saturated rings. The largest absolute Gasteiger partial charge is 0.386 e. The van der Waals surface area contributed by atoms with Crippen LogP contribution in [-0.4, -0.2) is 10.3 Å². The third kappa shape index (κ3) is 1.79. The summed E-state index contributed by atoms with van der Waals surface area (Å²) in [5.74, 6) is 0.261. The third-order valence-corrected chi connectivity index (χ3v) is 2.47. The van der Waals surface area contributed by atoms with Gasteiger partial charge in [-0.2, -0.15) is 0 Å². The van der Waals surface area contributed by atoms with Gasteiger partial charge in [0.25, 0.3) is 0 Å². The fraction of sp³-hybridized carbons (Fsp3) is 0.250. The fourth-order valence-corrected chi connectivity index (χ4v) is 1.70. The van der Waals surface area contributed by atoms with Gasteiger partial charge in [-0.15, -0.1) is 0 Å². The summed E-state index contributed by atoms with van der Waals surface area (Å²) in [6.45, 7) is 3.46. The summed E-state index contributed by atoms with van der Waals surface area (Å²) < 4.78 is 4.83. The molecule has 0 aliphatic rings. The lowest BCUT2D eigenvalue weighted by atomic mass is 9.90. The molecule has 4 nitrogen and oxygen atoms in total. The quantitative estimate of drug-likeness (QED) is 0.810. The van der Waals surface area contributed by atoms with Crippen molar-refractivity contribution in [2.24, 2.45) is 0 Å². The van der Waals surface area contributed by atoms with E-state index in [1.807, 2.05) is 24.3 Å². The number of nitrogens with two attached hydrogens (primary N) is 1. The Labute approximate surface area is 93.7 Å². The van der Waals surface area contributed by atoms with E-state index in [2.05, 4.69) is 5.16 Å². The summed E-state index contributed by atoms with van der Waals surface area (Å²) in [7, 11) is 0. The smallest absolute Gasteiger partial charge is 0.229 e. The van der Waals surface area contributed by atoms with Crippen LogP contribution in [0.4, 0.5) is 5.88 Å². The van der Waals surface area contributed by atoms with Gasteiger partial charge in [0.15, 0.2) is 0 Å². The molecule has 2 aromatic rings. The first-order valence-electron chi connectivity index (χ1n) is 5.02. The molecule has 0 spiro atoms. The van der Waals surface area contributed by atoms with E-state index in [1.54, 1.807) is 20.0 Å². The lowest BCUT2D eigenvalue weighted by Crippen LogP contribution is -2.16. The Morgan fingerprint density at radius 1 is 1.25 bits per heavy atom. The molecule has 0 saturated carbocycles. The van der Waals surface area contributed by atoms with E-state index in [9.17, 15) is 5.11 Å². The monoisotopic (exact) mass is 218 g/mol. The van der Waals surface area contributed by atoms with Gasteiger partial charge in [0.2, 0.25) is 5.88 Å². The van der Waals surface area contributed by atoms with Crippen LogP contribution in [0.15, 0.2) is 35.0 Å². The van der Waals surface area contributed by atoms with Gasteiger partial charge in [-0.25, -0.2) is 0 Å². The Balaban J connectivity index is 2.62. The van der Waals surface area contributed by atoms with Crippen molar-refractivity contribution in [3.8, 4) is 11.1 Å². The summed E-state index contributed by atoms with van der Waals surface area (Å²) in [5, 5.41) is 13.7. The maximum Gasteiger partial charge on any atom is 0.229 e. The Kier molecular flexibility index (Phi) is 2.44. The van der Waals surface area contributed by atoms with Gasteiger partial charge in [0.05, 0.1) is 17.4 Å². The number of rotatable bonds is 2. The summed E-state index contributed by atoms with van der Waals surface area (Å²) in [6.07, 6.45) is 1.56. The molecule has 0 bridgehead atoms. The molecule has 2 rings (SSSR count). The molecular formula is C12H14N2O2. The van der Waals surface area contributed by atoms with Crippen molar-refractivity contribution in [1.29, 1.82) is 0 Å². The molecule has 84 valence electrons. The van der Waals surface area contributed by atoms with Crippen molar-refractivity contribution in [2.45, 2.75) is 19.4 Å². The minimum Gasteiger partial charge on any atom is -0.386 e. The van der Waals surface area contributed by atoms with Gasteiger partial charge >= 0.3 is 0 Å². The van der Waals surface area contributed by atoms with Gasteiger partial charge in [-0.05, 0) is 25.0 Å². The highest BCUT2D eigenvalue weighted by molar-refractivity contribution is 5.75. The molecule has 0 atom stereocenters. The lowest BCUT2D eigenvalue weighted by Gasteiger charge is -2.21. The highest BCUT2D eigenvalue weighted by atomic mass is 16.5. The molecule has 0 aliphatic heterocycles. The van der Waals surface area contributed by atoms with Crippen molar-refractivity contribution < 1.29 is 9.63 Å². The van der Waals surface area contributed by atoms with Gasteiger partial charge in [-0.3, -0.25) is 0 Å². The Morgan fingerprint density at radius 3 is 2.50 bits per heavy atom. The van der Waals surface area contributed by atoms with Gasteiger partial charge in [0.1, 0.15) is 0 Å². The molecule has 4 heteroatoms. The highest BCUT2D eigenvalue weighted by Crippen LogP contribution is 2.34. The predicted molar refractivity (Wildman–Crippen MR) is 61.6 cm³/mol. The minimum atomic E-state index is -0.930. The van der Waals surface area contributed by atoms with E-state index < -0.39 is 5.60 Å². The number of nitrogens with zero attached hydrogens (tertiary/aromatic N) is 1. The van der Waals surface area contributed by atoms with Crippen LogP contribution >= 0.6 is 0 Å². The van der Waals surface area contributed by atoms with Gasteiger partial charge < -0.3 is 15.4 Å². The molecule has 0 saturated heterocycles. The molecule has 16 heavy (non-hydrogen) atoms. The van der Waals surface area contributed by atoms with E-state index in [0.29, 0.717) is 5.56 Å². The SMILES string of the molecule is CC(C)(O)c1ccccc1-c1cnoc1N. The average Bonchev–Trinajstić information content (AvgIpc) is 2.63. The number of aliphatic hydroxyl groups is 1. The zero-order chi connectivity index (χ0) is 11.8. The second kappa shape index (κ2) is 3.64. The summed E-state index contributed by atoms with van der Waals surface area (Å²) in [6, 6.07) is 7.51. The fourth-order valence-electron chi connectivity index (χ4n) is 1.70. The topological polar surface area (TPSA) is 72.3 Å². The average molecular weight is 218 g/mol. The van der Waals surface area contributed by atoms with Crippen LogP contribution in [0.5, 0.6) is 0 Å². The maximum atomic E-state index is 10.1. The van der Waals surface area contributed by atoms with Crippen molar-refractivity contribution in [3.05, 3.63) is 36.0 Å². The standard InChI is InChI=1S/C12H14N2O2/c1-12(2,15)10-6-4-3-5-8(10)9-7-14-16-11(9)13/h3-7,15H,13H2,1-2H3. The summed E-state index contributed by atoms with van der Waals surface area (Å²) in [4.78, 5) is 0. The van der Waals surface area contributed by atoms with E-state index in [-0.39, 0.29) is 5.88 Å². The molecule has 1 aromatic carbocycles. The first-order chi connectivity index (χ1) is 7.50. The van der Waals surface area contributed by atoms with Crippen LogP contribution in [0.3, 0.4) is 0 Å². The van der Waals surface area contributed by atoms with Crippen molar-refractivity contribution in [2.75, 3.05) is 5.73 Å². The van der Waals surface area contributed by atoms with E-state index in [1.165, 1.54) is 0 Å². The van der Waals surface area contributed by atoms with E-state index in [0.717, 1.165) is 11.1 Å². The Hall–Kier alpha value is -1.81. The lowest BCUT2D eigenvalue weighted by molar-refractivity contribution is 0.0792. The van der Waals surface area contributed by atoms with Crippen molar-refractivity contribution in [3.63, 3.8) is 0 Å². The molecule has 0 radical (unpaired) electrons. The molecular weight excluding hydrogens is 204 g/mol. The zero-order valence-corrected chi connectivity index (χ0v) is 9.27. The Bertz CT molecular complexity index is 498. The molecule has 0 unspecified atom stereocenters. The molecule has 1 heterocycles. The first-order valence-corrected chi connectivity index (χ1v) is 5.02. The normalized spacial score (nSPS) is 11.7. The van der Waals surface area contributed by atoms with Crippen LogP contribution in [-0.2, 0) is 5.60 Å². The van der Waals surface area contributed by atoms with Crippen LogP contribution < -0.4 is 5.73 Å². The van der Waals surface area contributed by atoms with E-state index >= 15 is 0 Å². The molecule has 0 amide bonds. The number of hydrogen-bond acceptors (Lipinski definition) is 4. The van der Waals surface area contributed by atoms with Crippen LogP contribution in [0.2, 0.25) is 0 Å². The summed E-state index contributed by atoms with van der Waals surface area (Å²) in [5.41, 5.74) is 7.09. The molecule has 1 aromatic heterocycles. The number of aromatic nitrogens is 1. The van der Waals surface area contributed by atoms with Crippen molar-refractivity contribution in [1.82, 2.24) is 5.16 Å². The highest BCUT2D eigenvalue weighted by Gasteiger charge is 2.22. The molecule has 0 aliphatic carbocycles. The van der Waals surface area contributed by atoms with Crippen LogP contribution in [0.1, 0.15) is 19.4 Å². The van der Waals surface area contributed by atoms with Gasteiger partial charge in [0, 0.05) is 0 Å². The van der Waals surface area contributed by atoms with Gasteiger partial charge in [-0.1, -0.05) is 29.4 Å². The zero-order valence-electron chi connectivity index (χ0n) is 9.27. The predicted octanol–water partition coefficient (Wildman–Crippen LogP) is 2.15. The first kappa shape index (κ1) is 10.7. The minimum absolute atomic E-state index is 0.261. The number of anilines is 1. The molecule has 3 N–H and O–H groups in total. The van der Waals surface area contributed by atoms with Crippen LogP contribution in [0.25, 0.3) is 11.1 Å². The van der Waals surface area contributed by atoms with Crippen molar-refractivity contribution >= 4 is 5.88 Å². The maximum absolute atomic E-state index is 10.1. The number of benzene rings is 1. The second-order valence-corrected chi connectivity index (χ2v) is 4.21. The van der Waals surface area contributed by atoms with E-state index in [4.69, 9.17) is 10.3 Å². The third-order valence-electron chi connectivity index (χ3n) is 2.47. The summed E-state index contributed by atoms with van der Waals surface area (Å²) >= 11 is 0. The second-order valence-electron chi connectivity index (χ2n) is 4.21.